The highest BCUT2D eigenvalue weighted by Gasteiger charge is 2.24. The molecule has 1 fully saturated rings. The second kappa shape index (κ2) is 5.98. The SMILES string of the molecule is CC1CC(C(=O)NCCCN)CCO1. The first kappa shape index (κ1) is 11.5. The van der Waals surface area contributed by atoms with Crippen molar-refractivity contribution in [1.82, 2.24) is 5.32 Å². The second-order valence-corrected chi connectivity index (χ2v) is 3.84. The van der Waals surface area contributed by atoms with Crippen molar-refractivity contribution >= 4 is 5.91 Å². The van der Waals surface area contributed by atoms with Crippen LogP contribution in [0.5, 0.6) is 0 Å². The van der Waals surface area contributed by atoms with Crippen LogP contribution in [-0.2, 0) is 9.53 Å². The summed E-state index contributed by atoms with van der Waals surface area (Å²) in [5.41, 5.74) is 5.34. The van der Waals surface area contributed by atoms with E-state index >= 15 is 0 Å². The van der Waals surface area contributed by atoms with E-state index in [1.807, 2.05) is 6.92 Å². The lowest BCUT2D eigenvalue weighted by Gasteiger charge is -2.26. The molecule has 4 heteroatoms. The molecule has 1 saturated heterocycles. The molecule has 2 atom stereocenters. The first-order chi connectivity index (χ1) is 6.74. The van der Waals surface area contributed by atoms with Crippen LogP contribution in [0, 0.1) is 5.92 Å². The average Bonchev–Trinajstić information content (AvgIpc) is 2.18. The molecule has 0 aliphatic carbocycles. The molecule has 2 unspecified atom stereocenters. The van der Waals surface area contributed by atoms with Gasteiger partial charge in [-0.15, -0.1) is 0 Å². The molecule has 1 amide bonds. The maximum absolute atomic E-state index is 11.6. The summed E-state index contributed by atoms with van der Waals surface area (Å²) in [4.78, 5) is 11.6. The van der Waals surface area contributed by atoms with E-state index in [1.165, 1.54) is 0 Å². The topological polar surface area (TPSA) is 64.4 Å². The molecule has 4 nitrogen and oxygen atoms in total. The number of hydrogen-bond donors (Lipinski definition) is 2. The zero-order valence-corrected chi connectivity index (χ0v) is 8.79. The van der Waals surface area contributed by atoms with Crippen LogP contribution in [0.15, 0.2) is 0 Å². The quantitative estimate of drug-likeness (QED) is 0.640. The van der Waals surface area contributed by atoms with Crippen molar-refractivity contribution < 1.29 is 9.53 Å². The van der Waals surface area contributed by atoms with Gasteiger partial charge in [-0.25, -0.2) is 0 Å². The van der Waals surface area contributed by atoms with Gasteiger partial charge in [0, 0.05) is 19.1 Å². The first-order valence-electron chi connectivity index (χ1n) is 5.33. The van der Waals surface area contributed by atoms with Crippen LogP contribution in [0.2, 0.25) is 0 Å². The smallest absolute Gasteiger partial charge is 0.223 e. The van der Waals surface area contributed by atoms with Gasteiger partial charge < -0.3 is 15.8 Å². The van der Waals surface area contributed by atoms with Crippen molar-refractivity contribution in [1.29, 1.82) is 0 Å². The Labute approximate surface area is 85.2 Å². The number of carbonyl (C=O) groups excluding carboxylic acids is 1. The molecule has 3 N–H and O–H groups in total. The summed E-state index contributed by atoms with van der Waals surface area (Å²) in [7, 11) is 0. The molecule has 82 valence electrons. The predicted octanol–water partition coefficient (Wildman–Crippen LogP) is 0.267. The van der Waals surface area contributed by atoms with E-state index in [0.717, 1.165) is 19.3 Å². The van der Waals surface area contributed by atoms with Crippen molar-refractivity contribution in [3.05, 3.63) is 0 Å². The zero-order valence-electron chi connectivity index (χ0n) is 8.79. The fraction of sp³-hybridized carbons (Fsp3) is 0.900. The molecule has 1 heterocycles. The minimum atomic E-state index is 0.136. The molecular weight excluding hydrogens is 180 g/mol. The lowest BCUT2D eigenvalue weighted by molar-refractivity contribution is -0.129. The molecule has 0 aromatic carbocycles. The Kier molecular flexibility index (Phi) is 4.90. The Balaban J connectivity index is 2.22. The van der Waals surface area contributed by atoms with Gasteiger partial charge in [0.05, 0.1) is 6.10 Å². The van der Waals surface area contributed by atoms with Crippen molar-refractivity contribution in [3.8, 4) is 0 Å². The summed E-state index contributed by atoms with van der Waals surface area (Å²) in [5.74, 6) is 0.296. The molecule has 0 saturated carbocycles. The molecular formula is C10H20N2O2. The third kappa shape index (κ3) is 3.64. The molecule has 0 bridgehead atoms. The van der Waals surface area contributed by atoms with E-state index in [4.69, 9.17) is 10.5 Å². The Morgan fingerprint density at radius 1 is 1.64 bits per heavy atom. The maximum Gasteiger partial charge on any atom is 0.223 e. The van der Waals surface area contributed by atoms with Crippen LogP contribution in [0.3, 0.4) is 0 Å². The largest absolute Gasteiger partial charge is 0.378 e. The van der Waals surface area contributed by atoms with Crippen molar-refractivity contribution in [3.63, 3.8) is 0 Å². The fourth-order valence-electron chi connectivity index (χ4n) is 1.69. The van der Waals surface area contributed by atoms with E-state index in [2.05, 4.69) is 5.32 Å². The lowest BCUT2D eigenvalue weighted by Crippen LogP contribution is -2.37. The molecule has 1 aliphatic rings. The Morgan fingerprint density at radius 3 is 3.07 bits per heavy atom. The van der Waals surface area contributed by atoms with Crippen LogP contribution in [-0.4, -0.2) is 31.7 Å². The molecule has 1 rings (SSSR count). The van der Waals surface area contributed by atoms with Gasteiger partial charge in [-0.05, 0) is 32.7 Å². The van der Waals surface area contributed by atoms with Gasteiger partial charge in [0.1, 0.15) is 0 Å². The molecule has 0 spiro atoms. The summed E-state index contributed by atoms with van der Waals surface area (Å²) in [5, 5.41) is 2.90. The number of ether oxygens (including phenoxy) is 1. The monoisotopic (exact) mass is 200 g/mol. The molecule has 0 aromatic rings. The highest BCUT2D eigenvalue weighted by Crippen LogP contribution is 2.19. The molecule has 0 radical (unpaired) electrons. The van der Waals surface area contributed by atoms with Crippen LogP contribution in [0.1, 0.15) is 26.2 Å². The molecule has 1 aliphatic heterocycles. The van der Waals surface area contributed by atoms with Gasteiger partial charge in [-0.2, -0.15) is 0 Å². The highest BCUT2D eigenvalue weighted by molar-refractivity contribution is 5.78. The number of hydrogen-bond acceptors (Lipinski definition) is 3. The fourth-order valence-corrected chi connectivity index (χ4v) is 1.69. The van der Waals surface area contributed by atoms with Gasteiger partial charge in [0.2, 0.25) is 5.91 Å². The summed E-state index contributed by atoms with van der Waals surface area (Å²) >= 11 is 0. The van der Waals surface area contributed by atoms with Crippen molar-refractivity contribution in [2.24, 2.45) is 11.7 Å². The van der Waals surface area contributed by atoms with E-state index in [1.54, 1.807) is 0 Å². The van der Waals surface area contributed by atoms with Gasteiger partial charge in [0.15, 0.2) is 0 Å². The molecule has 14 heavy (non-hydrogen) atoms. The van der Waals surface area contributed by atoms with Gasteiger partial charge in [0.25, 0.3) is 0 Å². The van der Waals surface area contributed by atoms with Crippen molar-refractivity contribution in [2.75, 3.05) is 19.7 Å². The van der Waals surface area contributed by atoms with Crippen LogP contribution in [0.4, 0.5) is 0 Å². The van der Waals surface area contributed by atoms with E-state index in [9.17, 15) is 4.79 Å². The second-order valence-electron chi connectivity index (χ2n) is 3.84. The standard InChI is InChI=1S/C10H20N2O2/c1-8-7-9(3-6-14-8)10(13)12-5-2-4-11/h8-9H,2-7,11H2,1H3,(H,12,13). The number of carbonyl (C=O) groups is 1. The summed E-state index contributed by atoms with van der Waals surface area (Å²) in [6.07, 6.45) is 2.76. The highest BCUT2D eigenvalue weighted by atomic mass is 16.5. The van der Waals surface area contributed by atoms with Gasteiger partial charge in [-0.3, -0.25) is 4.79 Å². The normalized spacial score (nSPS) is 27.3. The minimum Gasteiger partial charge on any atom is -0.378 e. The summed E-state index contributed by atoms with van der Waals surface area (Å²) < 4.78 is 5.38. The number of rotatable bonds is 4. The Hall–Kier alpha value is -0.610. The van der Waals surface area contributed by atoms with Crippen LogP contribution >= 0.6 is 0 Å². The number of amides is 1. The lowest BCUT2D eigenvalue weighted by atomic mass is 9.95. The van der Waals surface area contributed by atoms with Gasteiger partial charge in [-0.1, -0.05) is 0 Å². The molecule has 0 aromatic heterocycles. The maximum atomic E-state index is 11.6. The van der Waals surface area contributed by atoms with E-state index in [-0.39, 0.29) is 17.9 Å². The third-order valence-corrected chi connectivity index (χ3v) is 2.54. The minimum absolute atomic E-state index is 0.136. The first-order valence-corrected chi connectivity index (χ1v) is 5.33. The predicted molar refractivity (Wildman–Crippen MR) is 54.8 cm³/mol. The van der Waals surface area contributed by atoms with Crippen molar-refractivity contribution in [2.45, 2.75) is 32.3 Å². The van der Waals surface area contributed by atoms with Gasteiger partial charge >= 0.3 is 0 Å². The summed E-state index contributed by atoms with van der Waals surface area (Å²) in [6.45, 7) is 4.04. The average molecular weight is 200 g/mol. The number of nitrogens with two attached hydrogens (primary N) is 1. The number of nitrogens with one attached hydrogen (secondary N) is 1. The Morgan fingerprint density at radius 2 is 2.43 bits per heavy atom. The van der Waals surface area contributed by atoms with Crippen LogP contribution in [0.25, 0.3) is 0 Å². The van der Waals surface area contributed by atoms with E-state index < -0.39 is 0 Å². The third-order valence-electron chi connectivity index (χ3n) is 2.54. The zero-order chi connectivity index (χ0) is 10.4. The van der Waals surface area contributed by atoms with Crippen LogP contribution < -0.4 is 11.1 Å². The van der Waals surface area contributed by atoms with E-state index in [0.29, 0.717) is 19.7 Å². The Bertz CT molecular complexity index is 185. The summed E-state index contributed by atoms with van der Waals surface area (Å²) in [6, 6.07) is 0.